The van der Waals surface area contributed by atoms with Crippen LogP contribution in [0.5, 0.6) is 0 Å². The Morgan fingerprint density at radius 2 is 1.86 bits per heavy atom. The van der Waals surface area contributed by atoms with Crippen molar-refractivity contribution in [2.45, 2.75) is 25.8 Å². The standard InChI is InChI=1S/C15H23F3N2O/c1-2-19-14(12-3-5-13(16)6-4-12)7-8-20(9-10-21)11-15(17)18/h3-6,14-15,19,21H,2,7-11H2,1H3. The van der Waals surface area contributed by atoms with Crippen molar-refractivity contribution in [2.24, 2.45) is 0 Å². The molecule has 2 N–H and O–H groups in total. The predicted molar refractivity (Wildman–Crippen MR) is 77.0 cm³/mol. The summed E-state index contributed by atoms with van der Waals surface area (Å²) in [7, 11) is 0. The van der Waals surface area contributed by atoms with Crippen LogP contribution in [0.1, 0.15) is 24.9 Å². The van der Waals surface area contributed by atoms with E-state index in [-0.39, 0.29) is 31.6 Å². The predicted octanol–water partition coefficient (Wildman–Crippen LogP) is 2.43. The molecule has 1 unspecified atom stereocenters. The quantitative estimate of drug-likeness (QED) is 0.697. The second kappa shape index (κ2) is 9.76. The van der Waals surface area contributed by atoms with Gasteiger partial charge in [0, 0.05) is 19.1 Å². The fourth-order valence-electron chi connectivity index (χ4n) is 2.27. The van der Waals surface area contributed by atoms with Crippen molar-refractivity contribution in [3.63, 3.8) is 0 Å². The SMILES string of the molecule is CCNC(CCN(CCO)CC(F)F)c1ccc(F)cc1. The van der Waals surface area contributed by atoms with Crippen molar-refractivity contribution in [2.75, 3.05) is 32.8 Å². The van der Waals surface area contributed by atoms with E-state index in [4.69, 9.17) is 5.11 Å². The summed E-state index contributed by atoms with van der Waals surface area (Å²) in [5.41, 5.74) is 0.930. The second-order valence-electron chi connectivity index (χ2n) is 4.87. The number of rotatable bonds is 10. The third kappa shape index (κ3) is 6.93. The van der Waals surface area contributed by atoms with E-state index in [2.05, 4.69) is 5.32 Å². The van der Waals surface area contributed by atoms with Crippen molar-refractivity contribution in [1.29, 1.82) is 0 Å². The second-order valence-corrected chi connectivity index (χ2v) is 4.87. The Balaban J connectivity index is 2.62. The molecule has 120 valence electrons. The van der Waals surface area contributed by atoms with Gasteiger partial charge in [-0.2, -0.15) is 0 Å². The van der Waals surface area contributed by atoms with Gasteiger partial charge in [-0.05, 0) is 30.7 Å². The molecule has 0 bridgehead atoms. The van der Waals surface area contributed by atoms with Crippen molar-refractivity contribution < 1.29 is 18.3 Å². The van der Waals surface area contributed by atoms with Gasteiger partial charge >= 0.3 is 0 Å². The van der Waals surface area contributed by atoms with Crippen LogP contribution in [0, 0.1) is 5.82 Å². The van der Waals surface area contributed by atoms with Crippen molar-refractivity contribution >= 4 is 0 Å². The summed E-state index contributed by atoms with van der Waals surface area (Å²) in [4.78, 5) is 1.54. The smallest absolute Gasteiger partial charge is 0.251 e. The molecule has 3 nitrogen and oxygen atoms in total. The average Bonchev–Trinajstić information content (AvgIpc) is 2.44. The molecule has 0 aliphatic carbocycles. The van der Waals surface area contributed by atoms with Gasteiger partial charge in [0.1, 0.15) is 5.82 Å². The number of halogens is 3. The van der Waals surface area contributed by atoms with E-state index >= 15 is 0 Å². The fourth-order valence-corrected chi connectivity index (χ4v) is 2.27. The van der Waals surface area contributed by atoms with Crippen LogP contribution >= 0.6 is 0 Å². The lowest BCUT2D eigenvalue weighted by atomic mass is 10.0. The topological polar surface area (TPSA) is 35.5 Å². The van der Waals surface area contributed by atoms with Crippen LogP contribution in [0.25, 0.3) is 0 Å². The van der Waals surface area contributed by atoms with Crippen LogP contribution in [0.4, 0.5) is 13.2 Å². The van der Waals surface area contributed by atoms with Gasteiger partial charge in [-0.1, -0.05) is 19.1 Å². The molecule has 1 atom stereocenters. The molecule has 0 heterocycles. The van der Waals surface area contributed by atoms with Gasteiger partial charge in [-0.3, -0.25) is 4.90 Å². The molecule has 1 aromatic carbocycles. The van der Waals surface area contributed by atoms with E-state index < -0.39 is 6.43 Å². The number of nitrogens with zero attached hydrogens (tertiary/aromatic N) is 1. The lowest BCUT2D eigenvalue weighted by molar-refractivity contribution is 0.0762. The minimum Gasteiger partial charge on any atom is -0.395 e. The van der Waals surface area contributed by atoms with Crippen LogP contribution in [0.15, 0.2) is 24.3 Å². The van der Waals surface area contributed by atoms with Crippen molar-refractivity contribution in [3.05, 3.63) is 35.6 Å². The summed E-state index contributed by atoms with van der Waals surface area (Å²) in [5.74, 6) is -0.298. The molecule has 0 aliphatic heterocycles. The summed E-state index contributed by atoms with van der Waals surface area (Å²) in [5, 5.41) is 12.2. The van der Waals surface area contributed by atoms with Gasteiger partial charge < -0.3 is 10.4 Å². The van der Waals surface area contributed by atoms with Crippen LogP contribution in [-0.4, -0.2) is 49.2 Å². The highest BCUT2D eigenvalue weighted by molar-refractivity contribution is 5.19. The molecule has 0 aromatic heterocycles. The summed E-state index contributed by atoms with van der Waals surface area (Å²) in [6, 6.07) is 6.17. The number of nitrogens with one attached hydrogen (secondary N) is 1. The maximum atomic E-state index is 13.0. The van der Waals surface area contributed by atoms with Gasteiger partial charge in [0.25, 0.3) is 6.43 Å². The van der Waals surface area contributed by atoms with Crippen LogP contribution in [0.3, 0.4) is 0 Å². The lowest BCUT2D eigenvalue weighted by Crippen LogP contribution is -2.35. The Kier molecular flexibility index (Phi) is 8.34. The Bertz CT molecular complexity index is 387. The molecule has 0 amide bonds. The lowest BCUT2D eigenvalue weighted by Gasteiger charge is -2.25. The summed E-state index contributed by atoms with van der Waals surface area (Å²) < 4.78 is 37.9. The molecule has 0 fully saturated rings. The Hall–Kier alpha value is -1.11. The summed E-state index contributed by atoms with van der Waals surface area (Å²) >= 11 is 0. The Morgan fingerprint density at radius 3 is 2.38 bits per heavy atom. The van der Waals surface area contributed by atoms with Crippen molar-refractivity contribution in [3.8, 4) is 0 Å². The number of hydrogen-bond acceptors (Lipinski definition) is 3. The van der Waals surface area contributed by atoms with Crippen molar-refractivity contribution in [1.82, 2.24) is 10.2 Å². The number of aliphatic hydroxyl groups is 1. The first-order valence-electron chi connectivity index (χ1n) is 7.17. The van der Waals surface area contributed by atoms with Crippen LogP contribution in [0.2, 0.25) is 0 Å². The molecular formula is C15H23F3N2O. The normalized spacial score (nSPS) is 13.1. The summed E-state index contributed by atoms with van der Waals surface area (Å²) in [6.07, 6.45) is -1.80. The Labute approximate surface area is 123 Å². The first-order chi connectivity index (χ1) is 10.1. The maximum Gasteiger partial charge on any atom is 0.251 e. The number of aliphatic hydroxyl groups excluding tert-OH is 1. The first-order valence-corrected chi connectivity index (χ1v) is 7.17. The van der Waals surface area contributed by atoms with Gasteiger partial charge in [0.05, 0.1) is 13.2 Å². The average molecular weight is 304 g/mol. The van der Waals surface area contributed by atoms with E-state index in [1.54, 1.807) is 17.0 Å². The maximum absolute atomic E-state index is 13.0. The monoisotopic (exact) mass is 304 g/mol. The number of hydrogen-bond donors (Lipinski definition) is 2. The molecule has 6 heteroatoms. The highest BCUT2D eigenvalue weighted by atomic mass is 19.3. The van der Waals surface area contributed by atoms with E-state index in [1.165, 1.54) is 12.1 Å². The highest BCUT2D eigenvalue weighted by Crippen LogP contribution is 2.18. The van der Waals surface area contributed by atoms with E-state index in [1.807, 2.05) is 6.92 Å². The van der Waals surface area contributed by atoms with E-state index in [9.17, 15) is 13.2 Å². The first kappa shape index (κ1) is 17.9. The highest BCUT2D eigenvalue weighted by Gasteiger charge is 2.15. The van der Waals surface area contributed by atoms with Crippen LogP contribution in [-0.2, 0) is 0 Å². The molecule has 21 heavy (non-hydrogen) atoms. The third-order valence-electron chi connectivity index (χ3n) is 3.27. The number of alkyl halides is 2. The number of benzene rings is 1. The van der Waals surface area contributed by atoms with Gasteiger partial charge in [-0.15, -0.1) is 0 Å². The minimum atomic E-state index is -2.42. The van der Waals surface area contributed by atoms with Crippen LogP contribution < -0.4 is 5.32 Å². The zero-order chi connectivity index (χ0) is 15.7. The molecule has 1 aromatic rings. The zero-order valence-corrected chi connectivity index (χ0v) is 12.2. The largest absolute Gasteiger partial charge is 0.395 e. The Morgan fingerprint density at radius 1 is 1.19 bits per heavy atom. The molecule has 0 radical (unpaired) electrons. The van der Waals surface area contributed by atoms with Gasteiger partial charge in [0.15, 0.2) is 0 Å². The molecule has 1 rings (SSSR count). The molecule has 0 saturated heterocycles. The van der Waals surface area contributed by atoms with Gasteiger partial charge in [0.2, 0.25) is 0 Å². The minimum absolute atomic E-state index is 0.0190. The molecule has 0 saturated carbocycles. The van der Waals surface area contributed by atoms with E-state index in [0.717, 1.165) is 12.1 Å². The zero-order valence-electron chi connectivity index (χ0n) is 12.2. The molecule has 0 spiro atoms. The van der Waals surface area contributed by atoms with Gasteiger partial charge in [-0.25, -0.2) is 13.2 Å². The third-order valence-corrected chi connectivity index (χ3v) is 3.27. The fraction of sp³-hybridized carbons (Fsp3) is 0.600. The molecular weight excluding hydrogens is 281 g/mol. The summed E-state index contributed by atoms with van der Waals surface area (Å²) in [6.45, 7) is 2.88. The van der Waals surface area contributed by atoms with E-state index in [0.29, 0.717) is 13.0 Å². The molecule has 0 aliphatic rings.